The zero-order valence-electron chi connectivity index (χ0n) is 13.2. The zero-order valence-corrected chi connectivity index (χ0v) is 16.4. The SMILES string of the molecule is O=C(Cl)c1ccccc1SCCOCCSc1ccccc1C(=O)Cl. The second-order valence-electron chi connectivity index (χ2n) is 4.85. The molecule has 0 radical (unpaired) electrons. The minimum Gasteiger partial charge on any atom is -0.380 e. The number of carbonyl (C=O) groups excluding carboxylic acids is 2. The summed E-state index contributed by atoms with van der Waals surface area (Å²) < 4.78 is 5.60. The van der Waals surface area contributed by atoms with E-state index in [0.29, 0.717) is 24.3 Å². The topological polar surface area (TPSA) is 43.4 Å². The van der Waals surface area contributed by atoms with Gasteiger partial charge in [-0.05, 0) is 47.5 Å². The number of carbonyl (C=O) groups is 2. The summed E-state index contributed by atoms with van der Waals surface area (Å²) in [5.41, 5.74) is 1.04. The van der Waals surface area contributed by atoms with E-state index in [1.54, 1.807) is 24.3 Å². The Morgan fingerprint density at radius 2 is 1.16 bits per heavy atom. The van der Waals surface area contributed by atoms with Crippen molar-refractivity contribution in [3.63, 3.8) is 0 Å². The van der Waals surface area contributed by atoms with Crippen LogP contribution in [0.4, 0.5) is 0 Å². The van der Waals surface area contributed by atoms with Gasteiger partial charge in [-0.1, -0.05) is 24.3 Å². The van der Waals surface area contributed by atoms with E-state index in [4.69, 9.17) is 27.9 Å². The Hall–Kier alpha value is -0.980. The summed E-state index contributed by atoms with van der Waals surface area (Å²) in [4.78, 5) is 24.4. The summed E-state index contributed by atoms with van der Waals surface area (Å²) in [7, 11) is 0. The van der Waals surface area contributed by atoms with Gasteiger partial charge in [0, 0.05) is 32.4 Å². The van der Waals surface area contributed by atoms with Crippen LogP contribution in [0.5, 0.6) is 0 Å². The lowest BCUT2D eigenvalue weighted by atomic mass is 10.2. The van der Waals surface area contributed by atoms with E-state index in [-0.39, 0.29) is 0 Å². The van der Waals surface area contributed by atoms with Crippen molar-refractivity contribution in [2.24, 2.45) is 0 Å². The molecule has 0 bridgehead atoms. The minimum absolute atomic E-state index is 0.451. The molecule has 2 aromatic carbocycles. The van der Waals surface area contributed by atoms with E-state index in [9.17, 15) is 9.59 Å². The van der Waals surface area contributed by atoms with Crippen molar-refractivity contribution in [2.45, 2.75) is 9.79 Å². The number of halogens is 2. The molecule has 0 aliphatic heterocycles. The predicted octanol–water partition coefficient (Wildman–Crippen LogP) is 5.35. The van der Waals surface area contributed by atoms with Crippen molar-refractivity contribution >= 4 is 57.2 Å². The lowest BCUT2D eigenvalue weighted by Gasteiger charge is -2.08. The van der Waals surface area contributed by atoms with Crippen LogP contribution in [0.3, 0.4) is 0 Å². The molecule has 0 saturated carbocycles. The lowest BCUT2D eigenvalue weighted by molar-refractivity contribution is 0.107. The molecule has 0 unspecified atom stereocenters. The molecule has 2 aromatic rings. The quantitative estimate of drug-likeness (QED) is 0.298. The average Bonchev–Trinajstić information content (AvgIpc) is 2.61. The maximum atomic E-state index is 11.3. The third-order valence-electron chi connectivity index (χ3n) is 3.17. The summed E-state index contributed by atoms with van der Waals surface area (Å²) in [6, 6.07) is 14.5. The molecule has 0 saturated heterocycles. The fourth-order valence-corrected chi connectivity index (χ4v) is 4.30. The molecular formula is C18H16Cl2O3S2. The van der Waals surface area contributed by atoms with E-state index in [1.165, 1.54) is 23.5 Å². The van der Waals surface area contributed by atoms with Gasteiger partial charge in [0.25, 0.3) is 10.5 Å². The molecule has 0 atom stereocenters. The maximum absolute atomic E-state index is 11.3. The van der Waals surface area contributed by atoms with Gasteiger partial charge < -0.3 is 4.74 Å². The van der Waals surface area contributed by atoms with Crippen LogP contribution in [-0.4, -0.2) is 35.2 Å². The highest BCUT2D eigenvalue weighted by Gasteiger charge is 2.09. The first kappa shape index (κ1) is 20.3. The molecule has 7 heteroatoms. The Balaban J connectivity index is 1.68. The summed E-state index contributed by atoms with van der Waals surface area (Å²) in [5, 5.41) is -0.902. The van der Waals surface area contributed by atoms with Crippen molar-refractivity contribution in [2.75, 3.05) is 24.7 Å². The minimum atomic E-state index is -0.451. The second-order valence-corrected chi connectivity index (χ2v) is 7.81. The van der Waals surface area contributed by atoms with Crippen LogP contribution in [0.25, 0.3) is 0 Å². The van der Waals surface area contributed by atoms with Gasteiger partial charge in [-0.2, -0.15) is 0 Å². The third-order valence-corrected chi connectivity index (χ3v) is 5.65. The van der Waals surface area contributed by atoms with Crippen molar-refractivity contribution < 1.29 is 14.3 Å². The molecule has 132 valence electrons. The first-order valence-electron chi connectivity index (χ1n) is 7.50. The number of hydrogen-bond donors (Lipinski definition) is 0. The van der Waals surface area contributed by atoms with Crippen LogP contribution in [-0.2, 0) is 4.74 Å². The molecule has 0 N–H and O–H groups in total. The molecule has 0 fully saturated rings. The Labute approximate surface area is 165 Å². The van der Waals surface area contributed by atoms with Crippen LogP contribution in [0.15, 0.2) is 58.3 Å². The van der Waals surface area contributed by atoms with Crippen LogP contribution in [0.2, 0.25) is 0 Å². The standard InChI is InChI=1S/C18H16Cl2O3S2/c19-17(21)13-5-1-3-7-15(13)24-11-9-23-10-12-25-16-8-4-2-6-14(16)18(20)22/h1-8H,9-12H2. The van der Waals surface area contributed by atoms with Crippen molar-refractivity contribution in [1.29, 1.82) is 0 Å². The fraction of sp³-hybridized carbons (Fsp3) is 0.222. The normalized spacial score (nSPS) is 10.6. The fourth-order valence-electron chi connectivity index (χ4n) is 2.03. The van der Waals surface area contributed by atoms with Crippen molar-refractivity contribution in [3.05, 3.63) is 59.7 Å². The predicted molar refractivity (Wildman–Crippen MR) is 106 cm³/mol. The molecule has 0 aromatic heterocycles. The van der Waals surface area contributed by atoms with E-state index in [0.717, 1.165) is 21.3 Å². The van der Waals surface area contributed by atoms with E-state index in [2.05, 4.69) is 0 Å². The Morgan fingerprint density at radius 3 is 1.56 bits per heavy atom. The van der Waals surface area contributed by atoms with Gasteiger partial charge in [0.1, 0.15) is 0 Å². The summed E-state index contributed by atoms with van der Waals surface area (Å²) in [5.74, 6) is 1.45. The highest BCUT2D eigenvalue weighted by atomic mass is 35.5. The van der Waals surface area contributed by atoms with Crippen LogP contribution in [0.1, 0.15) is 20.7 Å². The van der Waals surface area contributed by atoms with E-state index < -0.39 is 10.5 Å². The van der Waals surface area contributed by atoms with Crippen LogP contribution in [0, 0.1) is 0 Å². The number of thioether (sulfide) groups is 2. The van der Waals surface area contributed by atoms with Gasteiger partial charge in [-0.15, -0.1) is 23.5 Å². The molecule has 2 rings (SSSR count). The molecule has 25 heavy (non-hydrogen) atoms. The van der Waals surface area contributed by atoms with Gasteiger partial charge in [0.15, 0.2) is 0 Å². The lowest BCUT2D eigenvalue weighted by Crippen LogP contribution is -2.02. The maximum Gasteiger partial charge on any atom is 0.253 e. The summed E-state index contributed by atoms with van der Waals surface area (Å²) >= 11 is 14.2. The van der Waals surface area contributed by atoms with Gasteiger partial charge in [-0.25, -0.2) is 0 Å². The Morgan fingerprint density at radius 1 is 0.760 bits per heavy atom. The summed E-state index contributed by atoms with van der Waals surface area (Å²) in [6.45, 7) is 1.12. The summed E-state index contributed by atoms with van der Waals surface area (Å²) in [6.07, 6.45) is 0. The van der Waals surface area contributed by atoms with Crippen LogP contribution < -0.4 is 0 Å². The molecule has 0 amide bonds. The third kappa shape index (κ3) is 6.68. The average molecular weight is 415 g/mol. The van der Waals surface area contributed by atoms with Gasteiger partial charge in [-0.3, -0.25) is 9.59 Å². The molecule has 0 spiro atoms. The first-order valence-corrected chi connectivity index (χ1v) is 10.2. The number of ether oxygens (including phenoxy) is 1. The second kappa shape index (κ2) is 10.9. The number of benzene rings is 2. The van der Waals surface area contributed by atoms with Crippen LogP contribution >= 0.6 is 46.7 Å². The van der Waals surface area contributed by atoms with Crippen molar-refractivity contribution in [3.8, 4) is 0 Å². The smallest absolute Gasteiger partial charge is 0.253 e. The highest BCUT2D eigenvalue weighted by molar-refractivity contribution is 7.99. The molecule has 0 aliphatic carbocycles. The molecule has 0 aliphatic rings. The molecule has 3 nitrogen and oxygen atoms in total. The van der Waals surface area contributed by atoms with Gasteiger partial charge >= 0.3 is 0 Å². The van der Waals surface area contributed by atoms with E-state index >= 15 is 0 Å². The number of hydrogen-bond acceptors (Lipinski definition) is 5. The van der Waals surface area contributed by atoms with E-state index in [1.807, 2.05) is 24.3 Å². The monoisotopic (exact) mass is 414 g/mol. The molecular weight excluding hydrogens is 399 g/mol. The van der Waals surface area contributed by atoms with Crippen molar-refractivity contribution in [1.82, 2.24) is 0 Å². The Bertz CT molecular complexity index is 676. The van der Waals surface area contributed by atoms with Gasteiger partial charge in [0.2, 0.25) is 0 Å². The highest BCUT2D eigenvalue weighted by Crippen LogP contribution is 2.25. The van der Waals surface area contributed by atoms with Gasteiger partial charge in [0.05, 0.1) is 13.2 Å². The largest absolute Gasteiger partial charge is 0.380 e. The Kier molecular flexibility index (Phi) is 8.85. The molecule has 0 heterocycles. The zero-order chi connectivity index (χ0) is 18.1. The number of rotatable bonds is 10. The first-order chi connectivity index (χ1) is 12.1.